The number of likely N-dealkylation sites (tertiary alicyclic amines) is 1. The van der Waals surface area contributed by atoms with Gasteiger partial charge >= 0.3 is 5.97 Å². The Hall–Kier alpha value is -0.710. The molecular weight excluding hydrogens is 250 g/mol. The molecule has 1 atom stereocenters. The van der Waals surface area contributed by atoms with Gasteiger partial charge in [0.15, 0.2) is 0 Å². The van der Waals surface area contributed by atoms with Gasteiger partial charge in [0.25, 0.3) is 0 Å². The van der Waals surface area contributed by atoms with Gasteiger partial charge in [-0.25, -0.2) is 0 Å². The van der Waals surface area contributed by atoms with E-state index in [0.29, 0.717) is 25.3 Å². The highest BCUT2D eigenvalue weighted by Gasteiger charge is 2.42. The number of methoxy groups -OCH3 is 1. The van der Waals surface area contributed by atoms with Gasteiger partial charge in [0, 0.05) is 17.8 Å². The predicted molar refractivity (Wildman–Crippen MR) is 73.5 cm³/mol. The molecule has 1 fully saturated rings. The number of hydrogen-bond acceptors (Lipinski definition) is 4. The Kier molecular flexibility index (Phi) is 4.70. The van der Waals surface area contributed by atoms with Gasteiger partial charge in [-0.05, 0) is 13.3 Å². The van der Waals surface area contributed by atoms with Gasteiger partial charge in [0.05, 0.1) is 18.3 Å². The van der Waals surface area contributed by atoms with E-state index in [9.17, 15) is 9.59 Å². The van der Waals surface area contributed by atoms with Crippen LogP contribution in [0.25, 0.3) is 0 Å². The van der Waals surface area contributed by atoms with Crippen molar-refractivity contribution in [3.8, 4) is 0 Å². The molecule has 5 heteroatoms. The molecule has 0 spiro atoms. The zero-order valence-electron chi connectivity index (χ0n) is 11.9. The molecule has 0 N–H and O–H groups in total. The Balaban J connectivity index is 2.51. The lowest BCUT2D eigenvalue weighted by Crippen LogP contribution is -2.36. The molecular formula is C13H23NO3S. The largest absolute Gasteiger partial charge is 0.469 e. The van der Waals surface area contributed by atoms with Crippen LogP contribution >= 0.6 is 11.8 Å². The average Bonchev–Trinajstić information content (AvgIpc) is 2.68. The van der Waals surface area contributed by atoms with Crippen molar-refractivity contribution in [2.24, 2.45) is 5.41 Å². The summed E-state index contributed by atoms with van der Waals surface area (Å²) in [5, 5.41) is 0. The minimum Gasteiger partial charge on any atom is -0.469 e. The van der Waals surface area contributed by atoms with Crippen LogP contribution in [-0.4, -0.2) is 47.5 Å². The highest BCUT2D eigenvalue weighted by molar-refractivity contribution is 8.01. The summed E-state index contributed by atoms with van der Waals surface area (Å²) in [7, 11) is 1.40. The molecule has 0 unspecified atom stereocenters. The van der Waals surface area contributed by atoms with E-state index in [1.54, 1.807) is 16.7 Å². The number of rotatable bonds is 3. The average molecular weight is 273 g/mol. The lowest BCUT2D eigenvalue weighted by Gasteiger charge is -2.23. The van der Waals surface area contributed by atoms with Crippen LogP contribution in [0.2, 0.25) is 0 Å². The molecule has 1 rings (SSSR count). The van der Waals surface area contributed by atoms with Crippen molar-refractivity contribution in [3.05, 3.63) is 0 Å². The van der Waals surface area contributed by atoms with Gasteiger partial charge in [-0.2, -0.15) is 0 Å². The molecule has 1 saturated heterocycles. The first-order valence-electron chi connectivity index (χ1n) is 6.18. The van der Waals surface area contributed by atoms with Gasteiger partial charge in [-0.1, -0.05) is 20.8 Å². The zero-order valence-corrected chi connectivity index (χ0v) is 12.7. The summed E-state index contributed by atoms with van der Waals surface area (Å²) in [4.78, 5) is 25.5. The molecule has 1 aliphatic rings. The Labute approximate surface area is 113 Å². The van der Waals surface area contributed by atoms with Crippen molar-refractivity contribution >= 4 is 23.6 Å². The maximum Gasteiger partial charge on any atom is 0.313 e. The van der Waals surface area contributed by atoms with Crippen LogP contribution in [0, 0.1) is 5.41 Å². The zero-order chi connectivity index (χ0) is 14.0. The van der Waals surface area contributed by atoms with Gasteiger partial charge in [-0.3, -0.25) is 9.59 Å². The van der Waals surface area contributed by atoms with Crippen LogP contribution in [0.15, 0.2) is 0 Å². The first-order chi connectivity index (χ1) is 8.18. The number of ether oxygens (including phenoxy) is 1. The molecule has 1 amide bonds. The van der Waals surface area contributed by atoms with E-state index in [1.807, 2.05) is 6.92 Å². The fourth-order valence-electron chi connectivity index (χ4n) is 1.96. The van der Waals surface area contributed by atoms with Gasteiger partial charge in [0.1, 0.15) is 0 Å². The lowest BCUT2D eigenvalue weighted by molar-refractivity contribution is -0.151. The minimum absolute atomic E-state index is 0.0844. The summed E-state index contributed by atoms with van der Waals surface area (Å²) >= 11 is 1.64. The van der Waals surface area contributed by atoms with Crippen LogP contribution in [0.4, 0.5) is 0 Å². The third-order valence-corrected chi connectivity index (χ3v) is 4.39. The first kappa shape index (κ1) is 15.3. The molecule has 0 aliphatic carbocycles. The molecule has 1 aliphatic heterocycles. The normalized spacial score (nSPS) is 24.2. The number of amides is 1. The van der Waals surface area contributed by atoms with Crippen LogP contribution in [-0.2, 0) is 14.3 Å². The molecule has 0 bridgehead atoms. The monoisotopic (exact) mass is 273 g/mol. The second-order valence-electron chi connectivity index (χ2n) is 6.02. The van der Waals surface area contributed by atoms with E-state index in [4.69, 9.17) is 4.74 Å². The molecule has 0 aromatic rings. The Morgan fingerprint density at radius 1 is 1.39 bits per heavy atom. The molecule has 0 saturated carbocycles. The van der Waals surface area contributed by atoms with E-state index in [-0.39, 0.29) is 16.6 Å². The highest BCUT2D eigenvalue weighted by Crippen LogP contribution is 2.32. The molecule has 0 aromatic heterocycles. The summed E-state index contributed by atoms with van der Waals surface area (Å²) in [5.41, 5.74) is -0.531. The predicted octanol–water partition coefficient (Wildman–Crippen LogP) is 1.93. The molecule has 0 aromatic carbocycles. The smallest absolute Gasteiger partial charge is 0.313 e. The van der Waals surface area contributed by atoms with Crippen LogP contribution in [0.1, 0.15) is 34.1 Å². The molecule has 4 nitrogen and oxygen atoms in total. The van der Waals surface area contributed by atoms with E-state index >= 15 is 0 Å². The number of thioether (sulfide) groups is 1. The van der Waals surface area contributed by atoms with Gasteiger partial charge in [0.2, 0.25) is 5.91 Å². The van der Waals surface area contributed by atoms with E-state index in [1.165, 1.54) is 7.11 Å². The number of carbonyl (C=O) groups is 2. The van der Waals surface area contributed by atoms with Crippen molar-refractivity contribution in [2.75, 3.05) is 26.0 Å². The van der Waals surface area contributed by atoms with Crippen LogP contribution < -0.4 is 0 Å². The number of nitrogens with zero attached hydrogens (tertiary/aromatic N) is 1. The molecule has 0 radical (unpaired) electrons. The summed E-state index contributed by atoms with van der Waals surface area (Å²) in [6.45, 7) is 9.26. The Morgan fingerprint density at radius 2 is 2.00 bits per heavy atom. The highest BCUT2D eigenvalue weighted by atomic mass is 32.2. The van der Waals surface area contributed by atoms with Gasteiger partial charge in [-0.15, -0.1) is 11.8 Å². The quantitative estimate of drug-likeness (QED) is 0.737. The summed E-state index contributed by atoms with van der Waals surface area (Å²) in [6, 6.07) is 0. The fraction of sp³-hybridized carbons (Fsp3) is 0.846. The maximum absolute atomic E-state index is 12.0. The third-order valence-electron chi connectivity index (χ3n) is 3.13. The van der Waals surface area contributed by atoms with Gasteiger partial charge < -0.3 is 9.64 Å². The fourth-order valence-corrected chi connectivity index (χ4v) is 2.70. The van der Waals surface area contributed by atoms with E-state index in [2.05, 4.69) is 20.8 Å². The van der Waals surface area contributed by atoms with Crippen molar-refractivity contribution < 1.29 is 14.3 Å². The summed E-state index contributed by atoms with van der Waals surface area (Å²) in [6.07, 6.45) is 0.686. The molecule has 104 valence electrons. The molecule has 18 heavy (non-hydrogen) atoms. The minimum atomic E-state index is -0.531. The number of carbonyl (C=O) groups excluding carboxylic acids is 2. The Bertz CT molecular complexity index is 338. The third kappa shape index (κ3) is 3.90. The van der Waals surface area contributed by atoms with E-state index in [0.717, 1.165) is 0 Å². The summed E-state index contributed by atoms with van der Waals surface area (Å²) < 4.78 is 4.88. The summed E-state index contributed by atoms with van der Waals surface area (Å²) in [5.74, 6) is 0.365. The lowest BCUT2D eigenvalue weighted by atomic mass is 9.90. The van der Waals surface area contributed by atoms with Crippen molar-refractivity contribution in [1.29, 1.82) is 0 Å². The SMILES string of the molecule is COC(=O)[C@@]1(C)CCN(C(=O)CSC(C)(C)C)C1. The first-order valence-corrected chi connectivity index (χ1v) is 7.17. The maximum atomic E-state index is 12.0. The Morgan fingerprint density at radius 3 is 2.50 bits per heavy atom. The van der Waals surface area contributed by atoms with Crippen molar-refractivity contribution in [3.63, 3.8) is 0 Å². The van der Waals surface area contributed by atoms with Crippen molar-refractivity contribution in [1.82, 2.24) is 4.90 Å². The second kappa shape index (κ2) is 5.51. The molecule has 1 heterocycles. The van der Waals surface area contributed by atoms with E-state index < -0.39 is 5.41 Å². The van der Waals surface area contributed by atoms with Crippen LogP contribution in [0.5, 0.6) is 0 Å². The second-order valence-corrected chi connectivity index (χ2v) is 7.82. The topological polar surface area (TPSA) is 46.6 Å². The number of hydrogen-bond donors (Lipinski definition) is 0. The van der Waals surface area contributed by atoms with Crippen LogP contribution in [0.3, 0.4) is 0 Å². The number of esters is 1. The standard InChI is InChI=1S/C13H23NO3S/c1-12(2,3)18-8-10(15)14-7-6-13(4,9-14)11(16)17-5/h6-9H2,1-5H3/t13-/m0/s1. The van der Waals surface area contributed by atoms with Crippen molar-refractivity contribution in [2.45, 2.75) is 38.9 Å².